The van der Waals surface area contributed by atoms with E-state index in [4.69, 9.17) is 4.74 Å². The van der Waals surface area contributed by atoms with E-state index in [0.717, 1.165) is 35.6 Å². The van der Waals surface area contributed by atoms with Crippen molar-refractivity contribution in [2.75, 3.05) is 19.0 Å². The Hall–Kier alpha value is -2.48. The number of carbonyl (C=O) groups excluding carboxylic acids is 2. The molecular weight excluding hydrogens is 412 g/mol. The van der Waals surface area contributed by atoms with Gasteiger partial charge in [0.2, 0.25) is 16.9 Å². The van der Waals surface area contributed by atoms with Crippen molar-refractivity contribution in [3.8, 4) is 16.3 Å². The predicted octanol–water partition coefficient (Wildman–Crippen LogP) is 4.89. The van der Waals surface area contributed by atoms with E-state index in [-0.39, 0.29) is 11.8 Å². The first-order chi connectivity index (χ1) is 15.1. The molecule has 8 heteroatoms. The number of hydrogen-bond donors (Lipinski definition) is 1. The highest BCUT2D eigenvalue weighted by molar-refractivity contribution is 7.18. The Labute approximate surface area is 188 Å². The summed E-state index contributed by atoms with van der Waals surface area (Å²) < 4.78 is 5.17. The maximum Gasteiger partial charge on any atom is 0.249 e. The predicted molar refractivity (Wildman–Crippen MR) is 123 cm³/mol. The summed E-state index contributed by atoms with van der Waals surface area (Å²) >= 11 is 1.32. The van der Waals surface area contributed by atoms with Crippen molar-refractivity contribution >= 4 is 28.3 Å². The first-order valence-corrected chi connectivity index (χ1v) is 12.0. The molecule has 0 bridgehead atoms. The second kappa shape index (κ2) is 11.8. The van der Waals surface area contributed by atoms with Crippen LogP contribution >= 0.6 is 11.3 Å². The molecule has 0 spiro atoms. The maximum atomic E-state index is 12.8. The van der Waals surface area contributed by atoms with Crippen LogP contribution in [0.4, 0.5) is 5.13 Å². The van der Waals surface area contributed by atoms with Gasteiger partial charge in [-0.05, 0) is 43.5 Å². The number of hydrogen-bond acceptors (Lipinski definition) is 6. The lowest BCUT2D eigenvalue weighted by Gasteiger charge is -2.23. The molecule has 0 saturated carbocycles. The van der Waals surface area contributed by atoms with Crippen LogP contribution in [0, 0.1) is 0 Å². The molecule has 1 aromatic carbocycles. The topological polar surface area (TPSA) is 84.4 Å². The number of unbranched alkanes of at least 4 members (excludes halogenated alkanes) is 5. The fourth-order valence-corrected chi connectivity index (χ4v) is 4.60. The van der Waals surface area contributed by atoms with E-state index in [1.165, 1.54) is 37.0 Å². The normalized spacial score (nSPS) is 15.8. The van der Waals surface area contributed by atoms with E-state index in [1.807, 2.05) is 24.3 Å². The fraction of sp³-hybridized carbons (Fsp3) is 0.565. The van der Waals surface area contributed by atoms with Crippen molar-refractivity contribution in [3.63, 3.8) is 0 Å². The molecule has 0 aliphatic carbocycles. The Kier molecular flexibility index (Phi) is 8.82. The zero-order valence-corrected chi connectivity index (χ0v) is 19.2. The van der Waals surface area contributed by atoms with Gasteiger partial charge >= 0.3 is 0 Å². The average molecular weight is 445 g/mol. The number of aromatic nitrogens is 2. The third-order valence-electron chi connectivity index (χ3n) is 5.61. The molecule has 1 aliphatic rings. The first-order valence-electron chi connectivity index (χ1n) is 11.2. The molecule has 1 fully saturated rings. The molecule has 2 amide bonds. The third-order valence-corrected chi connectivity index (χ3v) is 6.50. The summed E-state index contributed by atoms with van der Waals surface area (Å²) in [5.74, 6) is 0.685. The van der Waals surface area contributed by atoms with Gasteiger partial charge < -0.3 is 9.64 Å². The zero-order chi connectivity index (χ0) is 22.1. The van der Waals surface area contributed by atoms with E-state index >= 15 is 0 Å². The van der Waals surface area contributed by atoms with Gasteiger partial charge in [-0.25, -0.2) is 0 Å². The third kappa shape index (κ3) is 6.50. The van der Waals surface area contributed by atoms with Crippen LogP contribution in [0.5, 0.6) is 5.75 Å². The number of anilines is 1. The molecule has 7 nitrogen and oxygen atoms in total. The van der Waals surface area contributed by atoms with Gasteiger partial charge in [0.1, 0.15) is 16.8 Å². The van der Waals surface area contributed by atoms with E-state index in [2.05, 4.69) is 22.4 Å². The summed E-state index contributed by atoms with van der Waals surface area (Å²) in [6, 6.07) is 7.12. The van der Waals surface area contributed by atoms with Gasteiger partial charge in [0.15, 0.2) is 0 Å². The molecule has 0 radical (unpaired) electrons. The quantitative estimate of drug-likeness (QED) is 0.499. The monoisotopic (exact) mass is 444 g/mol. The molecular formula is C23H32N4O3S. The highest BCUT2D eigenvalue weighted by atomic mass is 32.1. The fourth-order valence-electron chi connectivity index (χ4n) is 3.85. The molecule has 1 atom stereocenters. The highest BCUT2D eigenvalue weighted by Crippen LogP contribution is 2.28. The molecule has 1 aromatic heterocycles. The summed E-state index contributed by atoms with van der Waals surface area (Å²) in [6.07, 6.45) is 8.94. The summed E-state index contributed by atoms with van der Waals surface area (Å²) in [5, 5.41) is 12.3. The van der Waals surface area contributed by atoms with Crippen LogP contribution in [-0.4, -0.2) is 46.6 Å². The summed E-state index contributed by atoms with van der Waals surface area (Å²) in [7, 11) is 1.62. The van der Waals surface area contributed by atoms with Crippen molar-refractivity contribution in [2.45, 2.75) is 70.8 Å². The van der Waals surface area contributed by atoms with Crippen LogP contribution in [0.3, 0.4) is 0 Å². The highest BCUT2D eigenvalue weighted by Gasteiger charge is 2.34. The van der Waals surface area contributed by atoms with Crippen molar-refractivity contribution in [3.05, 3.63) is 24.3 Å². The van der Waals surface area contributed by atoms with E-state index in [0.29, 0.717) is 24.5 Å². The maximum absolute atomic E-state index is 12.8. The first kappa shape index (κ1) is 23.2. The number of benzene rings is 1. The van der Waals surface area contributed by atoms with Crippen LogP contribution in [0.1, 0.15) is 64.7 Å². The number of nitrogens with zero attached hydrogens (tertiary/aromatic N) is 3. The lowest BCUT2D eigenvalue weighted by Crippen LogP contribution is -2.43. The zero-order valence-electron chi connectivity index (χ0n) is 18.4. The van der Waals surface area contributed by atoms with E-state index in [1.54, 1.807) is 12.0 Å². The number of amides is 2. The molecule has 1 saturated heterocycles. The van der Waals surface area contributed by atoms with Crippen molar-refractivity contribution < 1.29 is 14.3 Å². The number of ether oxygens (including phenoxy) is 1. The van der Waals surface area contributed by atoms with Crippen LogP contribution in [-0.2, 0) is 9.59 Å². The number of methoxy groups -OCH3 is 1. The van der Waals surface area contributed by atoms with Gasteiger partial charge in [-0.1, -0.05) is 50.4 Å². The van der Waals surface area contributed by atoms with Crippen LogP contribution in [0.15, 0.2) is 24.3 Å². The van der Waals surface area contributed by atoms with Crippen molar-refractivity contribution in [1.82, 2.24) is 15.1 Å². The van der Waals surface area contributed by atoms with Crippen molar-refractivity contribution in [1.29, 1.82) is 0 Å². The minimum atomic E-state index is -0.416. The smallest absolute Gasteiger partial charge is 0.249 e. The number of carbonyl (C=O) groups is 2. The summed E-state index contributed by atoms with van der Waals surface area (Å²) in [6.45, 7) is 2.85. The summed E-state index contributed by atoms with van der Waals surface area (Å²) in [4.78, 5) is 27.2. The molecule has 1 aliphatic heterocycles. The van der Waals surface area contributed by atoms with Crippen LogP contribution < -0.4 is 10.1 Å². The molecule has 31 heavy (non-hydrogen) atoms. The average Bonchev–Trinajstić information content (AvgIpc) is 3.46. The molecule has 168 valence electrons. The molecule has 1 unspecified atom stereocenters. The van der Waals surface area contributed by atoms with Gasteiger partial charge in [-0.2, -0.15) is 0 Å². The summed E-state index contributed by atoms with van der Waals surface area (Å²) in [5.41, 5.74) is 0.912. The number of nitrogens with one attached hydrogen (secondary N) is 1. The van der Waals surface area contributed by atoms with E-state index < -0.39 is 6.04 Å². The Balaban J connectivity index is 1.51. The van der Waals surface area contributed by atoms with Gasteiger partial charge in [-0.3, -0.25) is 14.9 Å². The Morgan fingerprint density at radius 1 is 1.13 bits per heavy atom. The van der Waals surface area contributed by atoms with Gasteiger partial charge in [-0.15, -0.1) is 10.2 Å². The van der Waals surface area contributed by atoms with Crippen molar-refractivity contribution in [2.24, 2.45) is 0 Å². The second-order valence-corrected chi connectivity index (χ2v) is 8.87. The van der Waals surface area contributed by atoms with Gasteiger partial charge in [0, 0.05) is 18.5 Å². The van der Waals surface area contributed by atoms with E-state index in [9.17, 15) is 9.59 Å². The standard InChI is InChI=1S/C23H32N4O3S/c1-3-4-5-6-7-8-11-20(28)27-16-9-10-19(27)21(29)24-23-26-25-22(31-23)17-12-14-18(30-2)15-13-17/h12-15,19H,3-11,16H2,1-2H3,(H,24,26,29). The second-order valence-electron chi connectivity index (χ2n) is 7.89. The lowest BCUT2D eigenvalue weighted by atomic mass is 10.1. The SMILES string of the molecule is CCCCCCCCC(=O)N1CCCC1C(=O)Nc1nnc(-c2ccc(OC)cc2)s1. The Bertz CT molecular complexity index is 853. The van der Waals surface area contributed by atoms with Crippen LogP contribution in [0.25, 0.3) is 10.6 Å². The molecule has 3 rings (SSSR count). The largest absolute Gasteiger partial charge is 0.497 e. The van der Waals surface area contributed by atoms with Gasteiger partial charge in [0.25, 0.3) is 0 Å². The van der Waals surface area contributed by atoms with Gasteiger partial charge in [0.05, 0.1) is 7.11 Å². The lowest BCUT2D eigenvalue weighted by molar-refractivity contribution is -0.136. The molecule has 2 aromatic rings. The Morgan fingerprint density at radius 3 is 2.61 bits per heavy atom. The molecule has 1 N–H and O–H groups in total. The minimum Gasteiger partial charge on any atom is -0.497 e. The Morgan fingerprint density at radius 2 is 1.87 bits per heavy atom. The number of likely N-dealkylation sites (tertiary alicyclic amines) is 1. The van der Waals surface area contributed by atoms with Crippen LogP contribution in [0.2, 0.25) is 0 Å². The number of rotatable bonds is 11. The minimum absolute atomic E-state index is 0.0873. The molecule has 2 heterocycles.